The number of carbonyl (C=O) groups excluding carboxylic acids is 1. The molecule has 0 aliphatic carbocycles. The van der Waals surface area contributed by atoms with Crippen LogP contribution in [0.3, 0.4) is 0 Å². The van der Waals surface area contributed by atoms with Gasteiger partial charge in [0, 0.05) is 11.4 Å². The third-order valence-corrected chi connectivity index (χ3v) is 4.57. The van der Waals surface area contributed by atoms with E-state index in [0.29, 0.717) is 11.9 Å². The summed E-state index contributed by atoms with van der Waals surface area (Å²) in [6.07, 6.45) is 0. The van der Waals surface area contributed by atoms with Crippen LogP contribution < -0.4 is 21.3 Å². The number of nitrogens with zero attached hydrogens (tertiary/aromatic N) is 3. The van der Waals surface area contributed by atoms with E-state index in [9.17, 15) is 9.18 Å². The monoisotopic (exact) mass is 443 g/mol. The number of para-hydroxylation sites is 3. The highest BCUT2D eigenvalue weighted by Crippen LogP contribution is 2.19. The first-order valence-corrected chi connectivity index (χ1v) is 10.3. The predicted molar refractivity (Wildman–Crippen MR) is 127 cm³/mol. The number of nitrogens with one attached hydrogen (secondary N) is 4. The minimum absolute atomic E-state index is 0.102. The third-order valence-electron chi connectivity index (χ3n) is 4.57. The Balaban J connectivity index is 1.55. The fraction of sp³-hybridized carbons (Fsp3) is 0.0833. The van der Waals surface area contributed by atoms with Gasteiger partial charge in [0.15, 0.2) is 0 Å². The van der Waals surface area contributed by atoms with Crippen molar-refractivity contribution in [1.82, 2.24) is 15.0 Å². The van der Waals surface area contributed by atoms with Gasteiger partial charge in [-0.1, -0.05) is 48.5 Å². The summed E-state index contributed by atoms with van der Waals surface area (Å²) in [5.41, 5.74) is 1.70. The van der Waals surface area contributed by atoms with E-state index in [4.69, 9.17) is 0 Å². The van der Waals surface area contributed by atoms with Crippen molar-refractivity contribution in [2.75, 3.05) is 21.3 Å². The molecule has 1 atom stereocenters. The van der Waals surface area contributed by atoms with Gasteiger partial charge in [0.2, 0.25) is 23.8 Å². The lowest BCUT2D eigenvalue weighted by Gasteiger charge is -2.16. The zero-order valence-corrected chi connectivity index (χ0v) is 17.8. The maximum atomic E-state index is 13.9. The molecule has 33 heavy (non-hydrogen) atoms. The lowest BCUT2D eigenvalue weighted by Crippen LogP contribution is -2.33. The molecule has 0 fully saturated rings. The number of benzene rings is 3. The van der Waals surface area contributed by atoms with Crippen LogP contribution in [0, 0.1) is 5.82 Å². The van der Waals surface area contributed by atoms with Gasteiger partial charge in [-0.05, 0) is 43.3 Å². The quantitative estimate of drug-likeness (QED) is 0.306. The molecule has 0 aliphatic rings. The zero-order valence-electron chi connectivity index (χ0n) is 17.8. The molecule has 0 spiro atoms. The second-order valence-corrected chi connectivity index (χ2v) is 7.12. The van der Waals surface area contributed by atoms with Gasteiger partial charge >= 0.3 is 0 Å². The van der Waals surface area contributed by atoms with Crippen LogP contribution in [0.4, 0.5) is 39.3 Å². The Labute approximate surface area is 190 Å². The smallest absolute Gasteiger partial charge is 0.246 e. The Hall–Kier alpha value is -4.53. The standard InChI is InChI=1S/C24H22FN7O/c1-16(21(33)29-20-15-9-8-14-19(20)25)26-22-30-23(27-17-10-4-2-5-11-17)32-24(31-22)28-18-12-6-3-7-13-18/h2-16H,1H3,(H,29,33)(H3,26,27,28,30,31,32). The highest BCUT2D eigenvalue weighted by Gasteiger charge is 2.17. The molecule has 1 unspecified atom stereocenters. The Kier molecular flexibility index (Phi) is 6.70. The van der Waals surface area contributed by atoms with Crippen molar-refractivity contribution in [2.24, 2.45) is 0 Å². The molecule has 0 aliphatic heterocycles. The SMILES string of the molecule is CC(Nc1nc(Nc2ccccc2)nc(Nc2ccccc2)n1)C(=O)Nc1ccccc1F. The van der Waals surface area contributed by atoms with Crippen molar-refractivity contribution in [3.05, 3.63) is 90.7 Å². The number of halogens is 1. The van der Waals surface area contributed by atoms with Crippen molar-refractivity contribution in [1.29, 1.82) is 0 Å². The largest absolute Gasteiger partial charge is 0.342 e. The summed E-state index contributed by atoms with van der Waals surface area (Å²) >= 11 is 0. The van der Waals surface area contributed by atoms with Gasteiger partial charge in [0.25, 0.3) is 0 Å². The Morgan fingerprint density at radius 2 is 1.21 bits per heavy atom. The van der Waals surface area contributed by atoms with Crippen LogP contribution >= 0.6 is 0 Å². The molecule has 4 aromatic rings. The van der Waals surface area contributed by atoms with E-state index >= 15 is 0 Å². The number of amides is 1. The summed E-state index contributed by atoms with van der Waals surface area (Å²) in [5.74, 6) is -0.187. The van der Waals surface area contributed by atoms with Crippen molar-refractivity contribution < 1.29 is 9.18 Å². The Morgan fingerprint density at radius 1 is 0.727 bits per heavy atom. The predicted octanol–water partition coefficient (Wildman–Crippen LogP) is 4.94. The normalized spacial score (nSPS) is 11.3. The zero-order chi connectivity index (χ0) is 23.0. The second kappa shape index (κ2) is 10.2. The summed E-state index contributed by atoms with van der Waals surface area (Å²) in [6, 6.07) is 24.1. The first-order valence-electron chi connectivity index (χ1n) is 10.3. The van der Waals surface area contributed by atoms with Crippen LogP contribution in [0.25, 0.3) is 0 Å². The van der Waals surface area contributed by atoms with E-state index in [-0.39, 0.29) is 11.6 Å². The van der Waals surface area contributed by atoms with E-state index in [2.05, 4.69) is 36.2 Å². The molecule has 0 bridgehead atoms. The van der Waals surface area contributed by atoms with Crippen LogP contribution in [0.2, 0.25) is 0 Å². The van der Waals surface area contributed by atoms with E-state index in [1.54, 1.807) is 19.1 Å². The summed E-state index contributed by atoms with van der Waals surface area (Å²) in [7, 11) is 0. The highest BCUT2D eigenvalue weighted by atomic mass is 19.1. The lowest BCUT2D eigenvalue weighted by atomic mass is 10.2. The molecule has 8 nitrogen and oxygen atoms in total. The van der Waals surface area contributed by atoms with Crippen molar-refractivity contribution in [3.8, 4) is 0 Å². The van der Waals surface area contributed by atoms with Gasteiger partial charge in [-0.15, -0.1) is 0 Å². The summed E-state index contributed by atoms with van der Waals surface area (Å²) in [4.78, 5) is 25.8. The third kappa shape index (κ3) is 6.01. The molecule has 4 rings (SSSR count). The van der Waals surface area contributed by atoms with Crippen LogP contribution in [0.5, 0.6) is 0 Å². The molecular formula is C24H22FN7O. The van der Waals surface area contributed by atoms with Gasteiger partial charge in [-0.25, -0.2) is 4.39 Å². The van der Waals surface area contributed by atoms with Gasteiger partial charge < -0.3 is 21.3 Å². The van der Waals surface area contributed by atoms with E-state index in [0.717, 1.165) is 11.4 Å². The molecule has 4 N–H and O–H groups in total. The average Bonchev–Trinajstić information content (AvgIpc) is 2.81. The van der Waals surface area contributed by atoms with Gasteiger partial charge in [-0.3, -0.25) is 4.79 Å². The van der Waals surface area contributed by atoms with E-state index in [1.165, 1.54) is 12.1 Å². The van der Waals surface area contributed by atoms with E-state index in [1.807, 2.05) is 60.7 Å². The second-order valence-electron chi connectivity index (χ2n) is 7.12. The maximum absolute atomic E-state index is 13.9. The van der Waals surface area contributed by atoms with Crippen LogP contribution in [0.15, 0.2) is 84.9 Å². The average molecular weight is 443 g/mol. The summed E-state index contributed by atoms with van der Waals surface area (Å²) in [6.45, 7) is 1.63. The Morgan fingerprint density at radius 3 is 1.76 bits per heavy atom. The summed E-state index contributed by atoms with van der Waals surface area (Å²) in [5, 5.41) is 11.8. The fourth-order valence-corrected chi connectivity index (χ4v) is 2.92. The molecule has 0 saturated heterocycles. The van der Waals surface area contributed by atoms with E-state index < -0.39 is 17.8 Å². The molecule has 1 heterocycles. The van der Waals surface area contributed by atoms with Crippen LogP contribution in [0.1, 0.15) is 6.92 Å². The topological polar surface area (TPSA) is 104 Å². The summed E-state index contributed by atoms with van der Waals surface area (Å²) < 4.78 is 13.9. The maximum Gasteiger partial charge on any atom is 0.246 e. The lowest BCUT2D eigenvalue weighted by molar-refractivity contribution is -0.116. The molecule has 0 radical (unpaired) electrons. The van der Waals surface area contributed by atoms with Gasteiger partial charge in [0.05, 0.1) is 5.69 Å². The first kappa shape index (κ1) is 21.7. The molecule has 1 aromatic heterocycles. The molecule has 0 saturated carbocycles. The number of rotatable bonds is 8. The Bertz CT molecular complexity index is 1160. The number of anilines is 6. The molecule has 166 valence electrons. The number of aromatic nitrogens is 3. The van der Waals surface area contributed by atoms with Crippen molar-refractivity contribution >= 4 is 40.8 Å². The molecule has 9 heteroatoms. The van der Waals surface area contributed by atoms with Gasteiger partial charge in [-0.2, -0.15) is 15.0 Å². The number of carbonyl (C=O) groups is 1. The van der Waals surface area contributed by atoms with Crippen LogP contribution in [-0.2, 0) is 4.79 Å². The molecule has 3 aromatic carbocycles. The minimum atomic E-state index is -0.749. The number of hydrogen-bond donors (Lipinski definition) is 4. The van der Waals surface area contributed by atoms with Gasteiger partial charge in [0.1, 0.15) is 11.9 Å². The van der Waals surface area contributed by atoms with Crippen molar-refractivity contribution in [3.63, 3.8) is 0 Å². The molecular weight excluding hydrogens is 421 g/mol. The highest BCUT2D eigenvalue weighted by molar-refractivity contribution is 5.96. The number of hydrogen-bond acceptors (Lipinski definition) is 7. The molecule has 1 amide bonds. The minimum Gasteiger partial charge on any atom is -0.342 e. The first-order chi connectivity index (χ1) is 16.1. The van der Waals surface area contributed by atoms with Crippen molar-refractivity contribution in [2.45, 2.75) is 13.0 Å². The van der Waals surface area contributed by atoms with Crippen LogP contribution in [-0.4, -0.2) is 26.9 Å². The fourth-order valence-electron chi connectivity index (χ4n) is 2.92.